The lowest BCUT2D eigenvalue weighted by Crippen LogP contribution is -2.14. The second-order valence-corrected chi connectivity index (χ2v) is 4.17. The summed E-state index contributed by atoms with van der Waals surface area (Å²) in [6.45, 7) is 1.96. The van der Waals surface area contributed by atoms with E-state index in [9.17, 15) is 4.39 Å². The van der Waals surface area contributed by atoms with Crippen LogP contribution in [0.1, 0.15) is 36.4 Å². The number of hydrogen-bond donors (Lipinski definition) is 1. The van der Waals surface area contributed by atoms with Gasteiger partial charge in [0, 0.05) is 5.56 Å². The third kappa shape index (κ3) is 2.10. The van der Waals surface area contributed by atoms with Gasteiger partial charge in [-0.15, -0.1) is 0 Å². The van der Waals surface area contributed by atoms with Crippen molar-refractivity contribution < 1.29 is 4.39 Å². The van der Waals surface area contributed by atoms with E-state index in [1.54, 1.807) is 6.07 Å². The minimum absolute atomic E-state index is 0.194. The fraction of sp³-hybridized carbons (Fsp3) is 0.385. The maximum Gasteiger partial charge on any atom is 0.128 e. The molecule has 2 heteroatoms. The molecule has 0 bridgehead atoms. The average molecular weight is 205 g/mol. The summed E-state index contributed by atoms with van der Waals surface area (Å²) in [7, 11) is 0. The number of rotatable bonds is 2. The smallest absolute Gasteiger partial charge is 0.128 e. The molecule has 0 saturated carbocycles. The van der Waals surface area contributed by atoms with Crippen molar-refractivity contribution in [2.75, 3.05) is 0 Å². The van der Waals surface area contributed by atoms with Crippen molar-refractivity contribution in [3.63, 3.8) is 0 Å². The van der Waals surface area contributed by atoms with Gasteiger partial charge >= 0.3 is 0 Å². The predicted molar refractivity (Wildman–Crippen MR) is 60.0 cm³/mol. The highest BCUT2D eigenvalue weighted by Gasteiger charge is 2.17. The summed E-state index contributed by atoms with van der Waals surface area (Å²) in [5.41, 5.74) is 8.93. The van der Waals surface area contributed by atoms with Gasteiger partial charge in [0.2, 0.25) is 0 Å². The molecular formula is C13H16FN. The van der Waals surface area contributed by atoms with Crippen molar-refractivity contribution in [3.05, 3.63) is 46.8 Å². The van der Waals surface area contributed by atoms with Crippen LogP contribution >= 0.6 is 0 Å². The van der Waals surface area contributed by atoms with Gasteiger partial charge in [-0.2, -0.15) is 0 Å². The maximum atomic E-state index is 13.6. The van der Waals surface area contributed by atoms with Gasteiger partial charge in [-0.3, -0.25) is 0 Å². The molecule has 1 nitrogen and oxygen atoms in total. The highest BCUT2D eigenvalue weighted by molar-refractivity contribution is 5.33. The molecule has 1 atom stereocenters. The van der Waals surface area contributed by atoms with Gasteiger partial charge < -0.3 is 5.73 Å². The molecular weight excluding hydrogens is 189 g/mol. The fourth-order valence-electron chi connectivity index (χ4n) is 2.08. The summed E-state index contributed by atoms with van der Waals surface area (Å²) in [5.74, 6) is -0.194. The van der Waals surface area contributed by atoms with Crippen LogP contribution in [0.5, 0.6) is 0 Å². The molecule has 2 rings (SSSR count). The molecule has 0 saturated heterocycles. The predicted octanol–water partition coefficient (Wildman–Crippen LogP) is 3.24. The van der Waals surface area contributed by atoms with Gasteiger partial charge in [-0.1, -0.05) is 29.3 Å². The number of benzene rings is 1. The SMILES string of the molecule is Cc1ccc(F)c(C(N)C2=CCCC2)c1. The second-order valence-electron chi connectivity index (χ2n) is 4.17. The van der Waals surface area contributed by atoms with Crippen molar-refractivity contribution in [3.8, 4) is 0 Å². The van der Waals surface area contributed by atoms with Crippen LogP contribution < -0.4 is 5.73 Å². The van der Waals surface area contributed by atoms with Gasteiger partial charge in [0.25, 0.3) is 0 Å². The van der Waals surface area contributed by atoms with Crippen molar-refractivity contribution in [1.82, 2.24) is 0 Å². The number of aryl methyl sites for hydroxylation is 1. The first-order chi connectivity index (χ1) is 7.18. The quantitative estimate of drug-likeness (QED) is 0.737. The van der Waals surface area contributed by atoms with Gasteiger partial charge in [0.1, 0.15) is 5.82 Å². The molecule has 0 heterocycles. The standard InChI is InChI=1S/C13H16FN/c1-9-6-7-12(14)11(8-9)13(15)10-4-2-3-5-10/h4,6-8,13H,2-3,5,15H2,1H3. The molecule has 1 aromatic carbocycles. The van der Waals surface area contributed by atoms with Crippen LogP contribution in [0.15, 0.2) is 29.8 Å². The lowest BCUT2D eigenvalue weighted by atomic mass is 9.97. The zero-order valence-electron chi connectivity index (χ0n) is 8.96. The van der Waals surface area contributed by atoms with E-state index in [1.807, 2.05) is 13.0 Å². The fourth-order valence-corrected chi connectivity index (χ4v) is 2.08. The van der Waals surface area contributed by atoms with Crippen molar-refractivity contribution in [1.29, 1.82) is 0 Å². The molecule has 0 amide bonds. The van der Waals surface area contributed by atoms with Gasteiger partial charge in [-0.25, -0.2) is 4.39 Å². The Kier molecular flexibility index (Phi) is 2.87. The van der Waals surface area contributed by atoms with E-state index in [4.69, 9.17) is 5.73 Å². The van der Waals surface area contributed by atoms with E-state index in [2.05, 4.69) is 6.08 Å². The molecule has 0 aliphatic heterocycles. The lowest BCUT2D eigenvalue weighted by molar-refractivity contribution is 0.594. The van der Waals surface area contributed by atoms with Gasteiger partial charge in [0.05, 0.1) is 6.04 Å². The first-order valence-electron chi connectivity index (χ1n) is 5.39. The number of hydrogen-bond acceptors (Lipinski definition) is 1. The van der Waals surface area contributed by atoms with Crippen molar-refractivity contribution in [2.45, 2.75) is 32.2 Å². The molecule has 1 aliphatic carbocycles. The first-order valence-corrected chi connectivity index (χ1v) is 5.39. The van der Waals surface area contributed by atoms with Crippen LogP contribution in [-0.2, 0) is 0 Å². The Morgan fingerprint density at radius 1 is 1.40 bits per heavy atom. The summed E-state index contributed by atoms with van der Waals surface area (Å²) in [6, 6.07) is 4.86. The largest absolute Gasteiger partial charge is 0.320 e. The highest BCUT2D eigenvalue weighted by atomic mass is 19.1. The van der Waals surface area contributed by atoms with Crippen molar-refractivity contribution >= 4 is 0 Å². The third-order valence-corrected chi connectivity index (χ3v) is 2.96. The molecule has 0 radical (unpaired) electrons. The van der Waals surface area contributed by atoms with E-state index < -0.39 is 0 Å². The zero-order valence-corrected chi connectivity index (χ0v) is 8.96. The van der Waals surface area contributed by atoms with Gasteiger partial charge in [-0.05, 0) is 32.3 Å². The molecule has 1 aliphatic rings. The van der Waals surface area contributed by atoms with Crippen LogP contribution in [0.25, 0.3) is 0 Å². The Hall–Kier alpha value is -1.15. The summed E-state index contributed by atoms with van der Waals surface area (Å²) < 4.78 is 13.6. The second kappa shape index (κ2) is 4.15. The molecule has 0 fully saturated rings. The van der Waals surface area contributed by atoms with E-state index in [1.165, 1.54) is 11.6 Å². The molecule has 15 heavy (non-hydrogen) atoms. The highest BCUT2D eigenvalue weighted by Crippen LogP contribution is 2.30. The third-order valence-electron chi connectivity index (χ3n) is 2.96. The normalized spacial score (nSPS) is 17.7. The molecule has 0 aromatic heterocycles. The van der Waals surface area contributed by atoms with Crippen LogP contribution in [0, 0.1) is 12.7 Å². The Labute approximate surface area is 89.8 Å². The summed E-state index contributed by atoms with van der Waals surface area (Å²) in [6.07, 6.45) is 5.38. The van der Waals surface area contributed by atoms with Crippen LogP contribution in [0.3, 0.4) is 0 Å². The topological polar surface area (TPSA) is 26.0 Å². The van der Waals surface area contributed by atoms with Gasteiger partial charge in [0.15, 0.2) is 0 Å². The molecule has 80 valence electrons. The van der Waals surface area contributed by atoms with Crippen LogP contribution in [0.2, 0.25) is 0 Å². The Balaban J connectivity index is 2.31. The molecule has 1 unspecified atom stereocenters. The van der Waals surface area contributed by atoms with Crippen LogP contribution in [0.4, 0.5) is 4.39 Å². The zero-order chi connectivity index (χ0) is 10.8. The minimum Gasteiger partial charge on any atom is -0.320 e. The Morgan fingerprint density at radius 3 is 2.87 bits per heavy atom. The molecule has 2 N–H and O–H groups in total. The van der Waals surface area contributed by atoms with Crippen molar-refractivity contribution in [2.24, 2.45) is 5.73 Å². The summed E-state index contributed by atoms with van der Waals surface area (Å²) in [4.78, 5) is 0. The molecule has 1 aromatic rings. The lowest BCUT2D eigenvalue weighted by Gasteiger charge is -2.15. The number of nitrogens with two attached hydrogens (primary N) is 1. The number of halogens is 1. The van der Waals surface area contributed by atoms with Crippen LogP contribution in [-0.4, -0.2) is 0 Å². The monoisotopic (exact) mass is 205 g/mol. The minimum atomic E-state index is -0.257. The average Bonchev–Trinajstić information content (AvgIpc) is 2.74. The molecule has 0 spiro atoms. The summed E-state index contributed by atoms with van der Waals surface area (Å²) >= 11 is 0. The first kappa shape index (κ1) is 10.4. The Bertz CT molecular complexity index is 396. The number of allylic oxidation sites excluding steroid dienone is 1. The van der Waals surface area contributed by atoms with E-state index >= 15 is 0 Å². The van der Waals surface area contributed by atoms with E-state index in [0.29, 0.717) is 5.56 Å². The van der Waals surface area contributed by atoms with E-state index in [0.717, 1.165) is 24.8 Å². The maximum absolute atomic E-state index is 13.6. The van der Waals surface area contributed by atoms with E-state index in [-0.39, 0.29) is 11.9 Å². The summed E-state index contributed by atoms with van der Waals surface area (Å²) in [5, 5.41) is 0. The Morgan fingerprint density at radius 2 is 2.20 bits per heavy atom.